The standard InChI is InChI=1S/C15H11ClF3N3O2S/c16-9-3-4-11(23-8-15(17,18)19)10(6-9)20-7-13-21-14(22-24-13)12-2-1-5-25-12/h1-6,20H,7-8H2. The summed E-state index contributed by atoms with van der Waals surface area (Å²) in [5, 5.41) is 9.00. The fourth-order valence-corrected chi connectivity index (χ4v) is 2.75. The molecule has 0 aliphatic rings. The van der Waals surface area contributed by atoms with E-state index < -0.39 is 12.8 Å². The van der Waals surface area contributed by atoms with Crippen LogP contribution in [0.2, 0.25) is 5.02 Å². The van der Waals surface area contributed by atoms with Gasteiger partial charge >= 0.3 is 6.18 Å². The number of rotatable bonds is 6. The lowest BCUT2D eigenvalue weighted by molar-refractivity contribution is -0.153. The molecule has 5 nitrogen and oxygen atoms in total. The molecule has 0 saturated heterocycles. The third-order valence-corrected chi connectivity index (χ3v) is 4.07. The largest absolute Gasteiger partial charge is 0.482 e. The van der Waals surface area contributed by atoms with Gasteiger partial charge in [-0.25, -0.2) is 0 Å². The van der Waals surface area contributed by atoms with Crippen molar-refractivity contribution in [3.05, 3.63) is 46.6 Å². The number of hydrogen-bond donors (Lipinski definition) is 1. The molecule has 132 valence electrons. The molecular weight excluding hydrogens is 379 g/mol. The summed E-state index contributed by atoms with van der Waals surface area (Å²) in [5.74, 6) is 0.760. The molecule has 10 heteroatoms. The molecule has 1 aromatic carbocycles. The first-order valence-electron chi connectivity index (χ1n) is 7.00. The van der Waals surface area contributed by atoms with E-state index >= 15 is 0 Å². The van der Waals surface area contributed by atoms with E-state index in [9.17, 15) is 13.2 Å². The normalized spacial score (nSPS) is 11.5. The van der Waals surface area contributed by atoms with Gasteiger partial charge in [-0.15, -0.1) is 11.3 Å². The van der Waals surface area contributed by atoms with Crippen LogP contribution in [0.3, 0.4) is 0 Å². The quantitative estimate of drug-likeness (QED) is 0.642. The summed E-state index contributed by atoms with van der Waals surface area (Å²) < 4.78 is 46.9. The van der Waals surface area contributed by atoms with Crippen molar-refractivity contribution >= 4 is 28.6 Å². The maximum Gasteiger partial charge on any atom is 0.422 e. The fraction of sp³-hybridized carbons (Fsp3) is 0.200. The molecule has 0 spiro atoms. The van der Waals surface area contributed by atoms with Crippen LogP contribution in [0.4, 0.5) is 18.9 Å². The molecule has 25 heavy (non-hydrogen) atoms. The Kier molecular flexibility index (Phi) is 5.14. The summed E-state index contributed by atoms with van der Waals surface area (Å²) in [5.41, 5.74) is 0.299. The maximum atomic E-state index is 12.3. The predicted molar refractivity (Wildman–Crippen MR) is 87.9 cm³/mol. The first-order chi connectivity index (χ1) is 11.9. The second kappa shape index (κ2) is 7.32. The number of aromatic nitrogens is 2. The number of thiophene rings is 1. The number of hydrogen-bond acceptors (Lipinski definition) is 6. The molecule has 0 amide bonds. The zero-order chi connectivity index (χ0) is 17.9. The van der Waals surface area contributed by atoms with Crippen LogP contribution in [0.25, 0.3) is 10.7 Å². The van der Waals surface area contributed by atoms with Gasteiger partial charge in [-0.05, 0) is 29.6 Å². The van der Waals surface area contributed by atoms with Gasteiger partial charge in [-0.3, -0.25) is 0 Å². The van der Waals surface area contributed by atoms with Crippen LogP contribution in [0, 0.1) is 0 Å². The lowest BCUT2D eigenvalue weighted by atomic mass is 10.3. The van der Waals surface area contributed by atoms with Gasteiger partial charge in [0.15, 0.2) is 6.61 Å². The minimum atomic E-state index is -4.43. The lowest BCUT2D eigenvalue weighted by Crippen LogP contribution is -2.19. The summed E-state index contributed by atoms with van der Waals surface area (Å²) in [6, 6.07) is 7.99. The molecule has 3 aromatic rings. The van der Waals surface area contributed by atoms with Crippen molar-refractivity contribution in [3.63, 3.8) is 0 Å². The zero-order valence-electron chi connectivity index (χ0n) is 12.5. The molecular formula is C15H11ClF3N3O2S. The molecule has 0 aliphatic carbocycles. The molecule has 0 fully saturated rings. The molecule has 0 bridgehead atoms. The number of ether oxygens (including phenoxy) is 1. The van der Waals surface area contributed by atoms with Crippen molar-refractivity contribution in [2.45, 2.75) is 12.7 Å². The van der Waals surface area contributed by atoms with E-state index in [-0.39, 0.29) is 18.2 Å². The van der Waals surface area contributed by atoms with Crippen molar-refractivity contribution < 1.29 is 22.4 Å². The monoisotopic (exact) mass is 389 g/mol. The summed E-state index contributed by atoms with van der Waals surface area (Å²) >= 11 is 7.36. The highest BCUT2D eigenvalue weighted by molar-refractivity contribution is 7.13. The topological polar surface area (TPSA) is 60.2 Å². The van der Waals surface area contributed by atoms with Crippen LogP contribution >= 0.6 is 22.9 Å². The van der Waals surface area contributed by atoms with Gasteiger partial charge in [0.25, 0.3) is 0 Å². The van der Waals surface area contributed by atoms with Crippen LogP contribution < -0.4 is 10.1 Å². The summed E-state index contributed by atoms with van der Waals surface area (Å²) in [6.07, 6.45) is -4.43. The Balaban J connectivity index is 1.69. The van der Waals surface area contributed by atoms with Crippen molar-refractivity contribution in [2.75, 3.05) is 11.9 Å². The number of nitrogens with zero attached hydrogens (tertiary/aromatic N) is 2. The SMILES string of the molecule is FC(F)(F)COc1ccc(Cl)cc1NCc1nc(-c2cccs2)no1. The van der Waals surface area contributed by atoms with E-state index in [1.165, 1.54) is 29.5 Å². The molecule has 3 rings (SSSR count). The van der Waals surface area contributed by atoms with Crippen LogP contribution in [0.15, 0.2) is 40.2 Å². The van der Waals surface area contributed by atoms with Gasteiger partial charge in [0.05, 0.1) is 17.1 Å². The molecule has 0 unspecified atom stereocenters. The van der Waals surface area contributed by atoms with E-state index in [1.807, 2.05) is 17.5 Å². The Hall–Kier alpha value is -2.26. The summed E-state index contributed by atoms with van der Waals surface area (Å²) in [7, 11) is 0. The van der Waals surface area contributed by atoms with E-state index in [0.29, 0.717) is 16.5 Å². The molecule has 2 aromatic heterocycles. The minimum absolute atomic E-state index is 0.0275. The Morgan fingerprint density at radius 3 is 2.84 bits per heavy atom. The van der Waals surface area contributed by atoms with Crippen molar-refractivity contribution in [1.82, 2.24) is 10.1 Å². The number of halogens is 4. The van der Waals surface area contributed by atoms with Crippen molar-refractivity contribution in [1.29, 1.82) is 0 Å². The van der Waals surface area contributed by atoms with Gasteiger partial charge in [0.2, 0.25) is 11.7 Å². The van der Waals surface area contributed by atoms with Gasteiger partial charge in [-0.1, -0.05) is 22.8 Å². The Morgan fingerprint density at radius 1 is 1.28 bits per heavy atom. The van der Waals surface area contributed by atoms with E-state index in [4.69, 9.17) is 20.9 Å². The average molecular weight is 390 g/mol. The Morgan fingerprint density at radius 2 is 2.12 bits per heavy atom. The third-order valence-electron chi connectivity index (χ3n) is 2.97. The van der Waals surface area contributed by atoms with Gasteiger partial charge in [0.1, 0.15) is 5.75 Å². The summed E-state index contributed by atoms with van der Waals surface area (Å²) in [4.78, 5) is 5.08. The van der Waals surface area contributed by atoms with E-state index in [2.05, 4.69) is 15.5 Å². The van der Waals surface area contributed by atoms with Crippen molar-refractivity contribution in [2.24, 2.45) is 0 Å². The van der Waals surface area contributed by atoms with Crippen LogP contribution in [-0.2, 0) is 6.54 Å². The number of nitrogens with one attached hydrogen (secondary N) is 1. The fourth-order valence-electron chi connectivity index (χ4n) is 1.93. The molecule has 1 N–H and O–H groups in total. The molecule has 0 radical (unpaired) electrons. The second-order valence-corrected chi connectivity index (χ2v) is 6.27. The van der Waals surface area contributed by atoms with E-state index in [1.54, 1.807) is 0 Å². The highest BCUT2D eigenvalue weighted by Crippen LogP contribution is 2.30. The zero-order valence-corrected chi connectivity index (χ0v) is 14.1. The number of benzene rings is 1. The molecule has 0 saturated carbocycles. The number of alkyl halides is 3. The molecule has 2 heterocycles. The lowest BCUT2D eigenvalue weighted by Gasteiger charge is -2.14. The Labute approximate surface area is 149 Å². The van der Waals surface area contributed by atoms with E-state index in [0.717, 1.165) is 4.88 Å². The van der Waals surface area contributed by atoms with Crippen molar-refractivity contribution in [3.8, 4) is 16.5 Å². The predicted octanol–water partition coefficient (Wildman–Crippen LogP) is 5.00. The van der Waals surface area contributed by atoms with Crippen LogP contribution in [-0.4, -0.2) is 22.9 Å². The summed E-state index contributed by atoms with van der Waals surface area (Å²) in [6.45, 7) is -1.28. The smallest absolute Gasteiger partial charge is 0.422 e. The molecule has 0 atom stereocenters. The van der Waals surface area contributed by atoms with Crippen LogP contribution in [0.1, 0.15) is 5.89 Å². The van der Waals surface area contributed by atoms with Crippen LogP contribution in [0.5, 0.6) is 5.75 Å². The first kappa shape index (κ1) is 17.6. The van der Waals surface area contributed by atoms with Gasteiger partial charge in [0, 0.05) is 5.02 Å². The van der Waals surface area contributed by atoms with Gasteiger partial charge in [-0.2, -0.15) is 18.2 Å². The minimum Gasteiger partial charge on any atom is -0.482 e. The van der Waals surface area contributed by atoms with Gasteiger partial charge < -0.3 is 14.6 Å². The Bertz CT molecular complexity index is 837. The number of anilines is 1. The maximum absolute atomic E-state index is 12.3. The molecule has 0 aliphatic heterocycles. The third kappa shape index (κ3) is 4.86. The highest BCUT2D eigenvalue weighted by atomic mass is 35.5. The average Bonchev–Trinajstić information content (AvgIpc) is 3.22. The second-order valence-electron chi connectivity index (χ2n) is 4.89. The first-order valence-corrected chi connectivity index (χ1v) is 8.26. The highest BCUT2D eigenvalue weighted by Gasteiger charge is 2.28.